The second-order valence-corrected chi connectivity index (χ2v) is 9.04. The summed E-state index contributed by atoms with van der Waals surface area (Å²) in [5.74, 6) is 1.63. The second-order valence-electron chi connectivity index (χ2n) is 9.04. The van der Waals surface area contributed by atoms with Crippen molar-refractivity contribution in [3.8, 4) is 11.5 Å². The van der Waals surface area contributed by atoms with Gasteiger partial charge in [-0.25, -0.2) is 0 Å². The normalized spacial score (nSPS) is 16.8. The smallest absolute Gasteiger partial charge is 0.197 e. The summed E-state index contributed by atoms with van der Waals surface area (Å²) in [6.45, 7) is 8.45. The van der Waals surface area contributed by atoms with Crippen molar-refractivity contribution in [1.29, 1.82) is 0 Å². The van der Waals surface area contributed by atoms with E-state index in [4.69, 9.17) is 9.47 Å². The van der Waals surface area contributed by atoms with Crippen molar-refractivity contribution in [3.63, 3.8) is 0 Å². The number of pyridine rings is 1. The fourth-order valence-electron chi connectivity index (χ4n) is 4.58. The largest absolute Gasteiger partial charge is 0.493 e. The minimum Gasteiger partial charge on any atom is -0.493 e. The molecule has 6 nitrogen and oxygen atoms in total. The molecule has 0 saturated carbocycles. The first-order valence-electron chi connectivity index (χ1n) is 12.0. The van der Waals surface area contributed by atoms with Crippen LogP contribution in [-0.4, -0.2) is 66.8 Å². The summed E-state index contributed by atoms with van der Waals surface area (Å²) in [4.78, 5) is 18.0. The van der Waals surface area contributed by atoms with Gasteiger partial charge in [0.15, 0.2) is 5.43 Å². The molecule has 2 saturated heterocycles. The maximum atomic E-state index is 13.1. The Kier molecular flexibility index (Phi) is 6.32. The van der Waals surface area contributed by atoms with Crippen LogP contribution in [0.25, 0.3) is 21.8 Å². The number of ether oxygens (including phenoxy) is 2. The van der Waals surface area contributed by atoms with Crippen LogP contribution < -0.4 is 14.9 Å². The van der Waals surface area contributed by atoms with Gasteiger partial charge in [0.1, 0.15) is 11.5 Å². The fourth-order valence-corrected chi connectivity index (χ4v) is 4.58. The zero-order valence-corrected chi connectivity index (χ0v) is 19.0. The second kappa shape index (κ2) is 9.51. The first-order valence-corrected chi connectivity index (χ1v) is 12.0. The van der Waals surface area contributed by atoms with Crippen molar-refractivity contribution in [3.05, 3.63) is 46.6 Å². The van der Waals surface area contributed by atoms with Crippen LogP contribution >= 0.6 is 0 Å². The van der Waals surface area contributed by atoms with Crippen LogP contribution in [0.3, 0.4) is 0 Å². The fraction of sp³-hybridized carbons (Fsp3) is 0.500. The van der Waals surface area contributed by atoms with Crippen molar-refractivity contribution in [2.24, 2.45) is 7.05 Å². The zero-order valence-electron chi connectivity index (χ0n) is 19.0. The van der Waals surface area contributed by atoms with Gasteiger partial charge in [-0.3, -0.25) is 4.79 Å². The molecule has 2 aromatic carbocycles. The van der Waals surface area contributed by atoms with E-state index in [0.29, 0.717) is 13.2 Å². The van der Waals surface area contributed by atoms with Gasteiger partial charge in [-0.2, -0.15) is 0 Å². The lowest BCUT2D eigenvalue weighted by molar-refractivity contribution is 0.165. The monoisotopic (exact) mass is 435 g/mol. The molecule has 2 fully saturated rings. The van der Waals surface area contributed by atoms with E-state index in [9.17, 15) is 4.79 Å². The molecule has 0 atom stereocenters. The van der Waals surface area contributed by atoms with Gasteiger partial charge in [0.25, 0.3) is 0 Å². The van der Waals surface area contributed by atoms with Gasteiger partial charge < -0.3 is 23.8 Å². The maximum Gasteiger partial charge on any atom is 0.197 e. The van der Waals surface area contributed by atoms with Crippen LogP contribution in [-0.2, 0) is 7.05 Å². The molecule has 0 aliphatic carbocycles. The first kappa shape index (κ1) is 21.3. The van der Waals surface area contributed by atoms with Gasteiger partial charge in [-0.15, -0.1) is 0 Å². The van der Waals surface area contributed by atoms with Crippen molar-refractivity contribution >= 4 is 21.8 Å². The first-order chi connectivity index (χ1) is 15.7. The number of hydrogen-bond donors (Lipinski definition) is 0. The quantitative estimate of drug-likeness (QED) is 0.359. The topological polar surface area (TPSA) is 46.9 Å². The highest BCUT2D eigenvalue weighted by Crippen LogP contribution is 2.25. The molecule has 2 aliphatic heterocycles. The summed E-state index contributed by atoms with van der Waals surface area (Å²) in [7, 11) is 2.01. The lowest BCUT2D eigenvalue weighted by Crippen LogP contribution is -2.38. The van der Waals surface area contributed by atoms with E-state index in [1.807, 2.05) is 43.4 Å². The molecular weight excluding hydrogens is 402 g/mol. The molecule has 1 aromatic heterocycles. The Hall–Kier alpha value is -2.57. The Bertz CT molecular complexity index is 1060. The molecule has 170 valence electrons. The summed E-state index contributed by atoms with van der Waals surface area (Å²) in [6.07, 6.45) is 4.68. The average Bonchev–Trinajstić information content (AvgIpc) is 2.74. The third-order valence-corrected chi connectivity index (χ3v) is 6.82. The number of nitrogens with zero attached hydrogens (tertiary/aromatic N) is 3. The number of benzene rings is 2. The van der Waals surface area contributed by atoms with E-state index in [2.05, 4.69) is 14.4 Å². The molecule has 0 radical (unpaired) electrons. The number of rotatable bonds is 10. The van der Waals surface area contributed by atoms with E-state index >= 15 is 0 Å². The third kappa shape index (κ3) is 4.48. The molecule has 32 heavy (non-hydrogen) atoms. The van der Waals surface area contributed by atoms with Crippen LogP contribution in [0.15, 0.2) is 41.2 Å². The molecular formula is C26H33N3O3. The van der Waals surface area contributed by atoms with Crippen LogP contribution in [0.2, 0.25) is 0 Å². The van der Waals surface area contributed by atoms with Gasteiger partial charge in [0.05, 0.1) is 24.2 Å². The van der Waals surface area contributed by atoms with Crippen LogP contribution in [0.4, 0.5) is 0 Å². The third-order valence-electron chi connectivity index (χ3n) is 6.82. The number of aryl methyl sites for hydroxylation is 1. The lowest BCUT2D eigenvalue weighted by atomic mass is 10.1. The highest BCUT2D eigenvalue weighted by molar-refractivity contribution is 5.94. The molecule has 5 rings (SSSR count). The predicted molar refractivity (Wildman–Crippen MR) is 129 cm³/mol. The number of aromatic nitrogens is 1. The predicted octanol–water partition coefficient (Wildman–Crippen LogP) is 3.64. The van der Waals surface area contributed by atoms with Crippen molar-refractivity contribution < 1.29 is 9.47 Å². The molecule has 0 N–H and O–H groups in total. The molecule has 6 heteroatoms. The van der Waals surface area contributed by atoms with Crippen molar-refractivity contribution in [2.45, 2.75) is 25.7 Å². The summed E-state index contributed by atoms with van der Waals surface area (Å²) in [6, 6.07) is 11.6. The van der Waals surface area contributed by atoms with E-state index < -0.39 is 0 Å². The summed E-state index contributed by atoms with van der Waals surface area (Å²) >= 11 is 0. The van der Waals surface area contributed by atoms with E-state index in [-0.39, 0.29) is 5.43 Å². The van der Waals surface area contributed by atoms with Gasteiger partial charge in [-0.1, -0.05) is 0 Å². The Morgan fingerprint density at radius 3 is 1.62 bits per heavy atom. The Labute approximate surface area is 189 Å². The molecule has 0 spiro atoms. The summed E-state index contributed by atoms with van der Waals surface area (Å²) in [5.41, 5.74) is 1.83. The Morgan fingerprint density at radius 1 is 0.750 bits per heavy atom. The summed E-state index contributed by atoms with van der Waals surface area (Å²) < 4.78 is 14.1. The highest BCUT2D eigenvalue weighted by atomic mass is 16.5. The van der Waals surface area contributed by atoms with E-state index in [1.54, 1.807) is 0 Å². The van der Waals surface area contributed by atoms with Crippen LogP contribution in [0, 0.1) is 0 Å². The standard InChI is InChI=1S/C26H33N3O3/c1-27-24-18-20(31-16-4-14-28-10-2-11-28)6-8-22(24)26(30)23-9-7-21(19-25(23)27)32-17-5-15-29-12-3-13-29/h6-9,18-19H,2-5,10-17H2,1H3. The lowest BCUT2D eigenvalue weighted by Gasteiger charge is -2.30. The Balaban J connectivity index is 1.31. The van der Waals surface area contributed by atoms with Crippen molar-refractivity contribution in [2.75, 3.05) is 52.5 Å². The molecule has 3 aromatic rings. The van der Waals surface area contributed by atoms with Crippen molar-refractivity contribution in [1.82, 2.24) is 14.4 Å². The van der Waals surface area contributed by atoms with Gasteiger partial charge in [-0.05, 0) is 76.1 Å². The number of likely N-dealkylation sites (tertiary alicyclic amines) is 2. The average molecular weight is 436 g/mol. The molecule has 0 amide bonds. The molecule has 2 aliphatic rings. The van der Waals surface area contributed by atoms with Gasteiger partial charge in [0, 0.05) is 43.0 Å². The number of fused-ring (bicyclic) bond motifs is 2. The number of hydrogen-bond acceptors (Lipinski definition) is 5. The van der Waals surface area contributed by atoms with Crippen LogP contribution in [0.1, 0.15) is 25.7 Å². The SMILES string of the molecule is Cn1c2cc(OCCCN3CCC3)ccc2c(=O)c2ccc(OCCCN3CCC3)cc21. The van der Waals surface area contributed by atoms with Gasteiger partial charge >= 0.3 is 0 Å². The highest BCUT2D eigenvalue weighted by Gasteiger charge is 2.14. The minimum absolute atomic E-state index is 0.0572. The minimum atomic E-state index is 0.0572. The van der Waals surface area contributed by atoms with Gasteiger partial charge in [0.2, 0.25) is 0 Å². The van der Waals surface area contributed by atoms with Crippen LogP contribution in [0.5, 0.6) is 11.5 Å². The molecule has 0 bridgehead atoms. The summed E-state index contributed by atoms with van der Waals surface area (Å²) in [5, 5.41) is 1.44. The van der Waals surface area contributed by atoms with E-state index in [1.165, 1.54) is 39.0 Å². The van der Waals surface area contributed by atoms with E-state index in [0.717, 1.165) is 59.2 Å². The Morgan fingerprint density at radius 2 is 1.22 bits per heavy atom. The zero-order chi connectivity index (χ0) is 21.9. The molecule has 3 heterocycles. The maximum absolute atomic E-state index is 13.1. The molecule has 0 unspecified atom stereocenters.